The van der Waals surface area contributed by atoms with Crippen LogP contribution in [0.5, 0.6) is 0 Å². The van der Waals surface area contributed by atoms with Crippen LogP contribution in [-0.4, -0.2) is 16.0 Å². The zero-order valence-electron chi connectivity index (χ0n) is 8.89. The van der Waals surface area contributed by atoms with E-state index in [9.17, 15) is 4.79 Å². The molecule has 78 valence electrons. The number of nitrogens with one attached hydrogen (secondary N) is 1. The van der Waals surface area contributed by atoms with E-state index < -0.39 is 0 Å². The number of aromatic amines is 1. The zero-order valence-corrected chi connectivity index (χ0v) is 9.70. The molecule has 1 aliphatic heterocycles. The third-order valence-corrected chi connectivity index (χ3v) is 3.13. The highest BCUT2D eigenvalue weighted by atomic mass is 32.2. The summed E-state index contributed by atoms with van der Waals surface area (Å²) in [6, 6.07) is 0. The van der Waals surface area contributed by atoms with Crippen molar-refractivity contribution in [3.05, 3.63) is 27.2 Å². The molecule has 1 aromatic rings. The van der Waals surface area contributed by atoms with Gasteiger partial charge in [0.2, 0.25) is 0 Å². The highest BCUT2D eigenvalue weighted by molar-refractivity contribution is 7.98. The second-order valence-corrected chi connectivity index (χ2v) is 4.00. The Labute approximate surface area is 88.3 Å². The predicted molar refractivity (Wildman–Crippen MR) is 60.8 cm³/mol. The van der Waals surface area contributed by atoms with E-state index in [1.807, 2.05) is 32.5 Å². The van der Waals surface area contributed by atoms with Crippen molar-refractivity contribution in [2.75, 3.05) is 5.75 Å². The highest BCUT2D eigenvalue weighted by Gasteiger charge is 2.15. The largest absolute Gasteiger partial charge is 0.268 e. The molecule has 14 heavy (non-hydrogen) atoms. The zero-order chi connectivity index (χ0) is 10.6. The smallest absolute Gasteiger partial charge is 0.267 e. The van der Waals surface area contributed by atoms with Gasteiger partial charge in [0.1, 0.15) is 0 Å². The van der Waals surface area contributed by atoms with Gasteiger partial charge < -0.3 is 0 Å². The van der Waals surface area contributed by atoms with E-state index in [2.05, 4.69) is 10.2 Å². The van der Waals surface area contributed by atoms with E-state index >= 15 is 0 Å². The van der Waals surface area contributed by atoms with Gasteiger partial charge in [0.05, 0.1) is 5.69 Å². The minimum absolute atomic E-state index is 0.00380. The first kappa shape index (κ1) is 11.3. The van der Waals surface area contributed by atoms with E-state index in [1.54, 1.807) is 0 Å². The number of fused-ring (bicyclic) bond motifs is 1. The SMILES string of the molecule is CC.Cc1n[nH]c(=O)c2c1CSCC2. The number of thioether (sulfide) groups is 1. The molecule has 0 fully saturated rings. The maximum Gasteiger partial charge on any atom is 0.267 e. The second-order valence-electron chi connectivity index (χ2n) is 2.90. The van der Waals surface area contributed by atoms with Crippen molar-refractivity contribution in [2.45, 2.75) is 32.9 Å². The van der Waals surface area contributed by atoms with Crippen LogP contribution in [0.25, 0.3) is 0 Å². The lowest BCUT2D eigenvalue weighted by Crippen LogP contribution is -2.21. The minimum atomic E-state index is -0.00380. The average Bonchev–Trinajstić information content (AvgIpc) is 2.27. The van der Waals surface area contributed by atoms with Crippen molar-refractivity contribution in [1.29, 1.82) is 0 Å². The van der Waals surface area contributed by atoms with Gasteiger partial charge >= 0.3 is 0 Å². The van der Waals surface area contributed by atoms with E-state index in [4.69, 9.17) is 0 Å². The average molecular weight is 212 g/mol. The Morgan fingerprint density at radius 3 is 2.71 bits per heavy atom. The van der Waals surface area contributed by atoms with Crippen molar-refractivity contribution in [3.63, 3.8) is 0 Å². The van der Waals surface area contributed by atoms with Gasteiger partial charge in [0.25, 0.3) is 5.56 Å². The van der Waals surface area contributed by atoms with Crippen molar-refractivity contribution in [1.82, 2.24) is 10.2 Å². The molecule has 0 bridgehead atoms. The minimum Gasteiger partial charge on any atom is -0.268 e. The summed E-state index contributed by atoms with van der Waals surface area (Å²) in [6.07, 6.45) is 0.888. The molecule has 0 atom stereocenters. The standard InChI is InChI=1S/C8H10N2OS.C2H6/c1-5-7-4-12-3-2-6(7)8(11)10-9-5;1-2/h2-4H2,1H3,(H,10,11);1-2H3. The Bertz CT molecular complexity index is 360. The summed E-state index contributed by atoms with van der Waals surface area (Å²) in [6.45, 7) is 5.95. The van der Waals surface area contributed by atoms with E-state index in [1.165, 1.54) is 0 Å². The molecule has 3 nitrogen and oxygen atoms in total. The summed E-state index contributed by atoms with van der Waals surface area (Å²) in [5.74, 6) is 2.00. The van der Waals surface area contributed by atoms with Gasteiger partial charge in [0.15, 0.2) is 0 Å². The fourth-order valence-electron chi connectivity index (χ4n) is 1.43. The predicted octanol–water partition coefficient (Wildman–Crippen LogP) is 1.89. The Kier molecular flexibility index (Phi) is 4.20. The Balaban J connectivity index is 0.000000461. The quantitative estimate of drug-likeness (QED) is 0.714. The number of aryl methyl sites for hydroxylation is 1. The molecule has 0 spiro atoms. The summed E-state index contributed by atoms with van der Waals surface area (Å²) in [5, 5.41) is 6.45. The highest BCUT2D eigenvalue weighted by Crippen LogP contribution is 2.22. The molecule has 1 aromatic heterocycles. The van der Waals surface area contributed by atoms with Gasteiger partial charge in [-0.15, -0.1) is 0 Å². The molecule has 4 heteroatoms. The van der Waals surface area contributed by atoms with Crippen LogP contribution in [0.3, 0.4) is 0 Å². The third kappa shape index (κ3) is 2.18. The number of hydrogen-bond donors (Lipinski definition) is 1. The summed E-state index contributed by atoms with van der Waals surface area (Å²) < 4.78 is 0. The van der Waals surface area contributed by atoms with E-state index in [-0.39, 0.29) is 5.56 Å². The van der Waals surface area contributed by atoms with Crippen molar-refractivity contribution < 1.29 is 0 Å². The number of rotatable bonds is 0. The van der Waals surface area contributed by atoms with Crippen LogP contribution in [0.15, 0.2) is 4.79 Å². The molecule has 1 N–H and O–H groups in total. The molecule has 0 unspecified atom stereocenters. The first-order valence-corrected chi connectivity index (χ1v) is 6.09. The molecule has 0 saturated carbocycles. The van der Waals surface area contributed by atoms with E-state index in [0.29, 0.717) is 0 Å². The number of aromatic nitrogens is 2. The van der Waals surface area contributed by atoms with Crippen LogP contribution in [0.2, 0.25) is 0 Å². The number of nitrogens with zero attached hydrogens (tertiary/aromatic N) is 1. The molecular formula is C10H16N2OS. The molecule has 2 heterocycles. The van der Waals surface area contributed by atoms with Gasteiger partial charge in [0, 0.05) is 11.3 Å². The first-order chi connectivity index (χ1) is 6.79. The third-order valence-electron chi connectivity index (χ3n) is 2.14. The Hall–Kier alpha value is -0.770. The van der Waals surface area contributed by atoms with E-state index in [0.717, 1.165) is 34.7 Å². The topological polar surface area (TPSA) is 45.8 Å². The lowest BCUT2D eigenvalue weighted by atomic mass is 10.1. The Morgan fingerprint density at radius 1 is 1.36 bits per heavy atom. The maximum absolute atomic E-state index is 11.3. The lowest BCUT2D eigenvalue weighted by molar-refractivity contribution is 0.875. The normalized spacial score (nSPS) is 13.9. The van der Waals surface area contributed by atoms with Crippen LogP contribution in [0.1, 0.15) is 30.7 Å². The molecule has 2 rings (SSSR count). The van der Waals surface area contributed by atoms with Crippen molar-refractivity contribution >= 4 is 11.8 Å². The fourth-order valence-corrected chi connectivity index (χ4v) is 2.51. The van der Waals surface area contributed by atoms with Gasteiger partial charge in [-0.1, -0.05) is 13.8 Å². The van der Waals surface area contributed by atoms with Crippen molar-refractivity contribution in [3.8, 4) is 0 Å². The monoisotopic (exact) mass is 212 g/mol. The van der Waals surface area contributed by atoms with Gasteiger partial charge in [-0.05, 0) is 24.7 Å². The molecule has 1 aliphatic rings. The first-order valence-electron chi connectivity index (χ1n) is 4.94. The van der Waals surface area contributed by atoms with Gasteiger partial charge in [-0.2, -0.15) is 16.9 Å². The fraction of sp³-hybridized carbons (Fsp3) is 0.600. The molecule has 0 saturated heterocycles. The summed E-state index contributed by atoms with van der Waals surface area (Å²) >= 11 is 1.87. The molecule has 0 aromatic carbocycles. The summed E-state index contributed by atoms with van der Waals surface area (Å²) in [5.41, 5.74) is 3.06. The molecule has 0 radical (unpaired) electrons. The lowest BCUT2D eigenvalue weighted by Gasteiger charge is -2.14. The maximum atomic E-state index is 11.3. The van der Waals surface area contributed by atoms with Crippen LogP contribution in [0.4, 0.5) is 0 Å². The molecular weight excluding hydrogens is 196 g/mol. The van der Waals surface area contributed by atoms with Crippen LogP contribution < -0.4 is 5.56 Å². The Morgan fingerprint density at radius 2 is 2.07 bits per heavy atom. The van der Waals surface area contributed by atoms with Gasteiger partial charge in [-0.3, -0.25) is 4.79 Å². The number of hydrogen-bond acceptors (Lipinski definition) is 3. The van der Waals surface area contributed by atoms with Crippen molar-refractivity contribution in [2.24, 2.45) is 0 Å². The molecule has 0 aliphatic carbocycles. The summed E-state index contributed by atoms with van der Waals surface area (Å²) in [4.78, 5) is 11.3. The number of H-pyrrole nitrogens is 1. The van der Waals surface area contributed by atoms with Gasteiger partial charge in [-0.25, -0.2) is 5.10 Å². The molecule has 0 amide bonds. The van der Waals surface area contributed by atoms with Crippen LogP contribution >= 0.6 is 11.8 Å². The summed E-state index contributed by atoms with van der Waals surface area (Å²) in [7, 11) is 0. The van der Waals surface area contributed by atoms with Crippen LogP contribution in [0, 0.1) is 6.92 Å². The van der Waals surface area contributed by atoms with Crippen LogP contribution in [-0.2, 0) is 12.2 Å². The second kappa shape index (κ2) is 5.20.